The number of aromatic nitrogens is 2. The molecule has 0 spiro atoms. The van der Waals surface area contributed by atoms with Crippen LogP contribution in [0.3, 0.4) is 0 Å². The molecule has 0 aliphatic carbocycles. The van der Waals surface area contributed by atoms with Crippen LogP contribution in [0, 0.1) is 0 Å². The van der Waals surface area contributed by atoms with Crippen molar-refractivity contribution in [1.29, 1.82) is 0 Å². The van der Waals surface area contributed by atoms with Crippen molar-refractivity contribution in [3.8, 4) is 0 Å². The van der Waals surface area contributed by atoms with Gasteiger partial charge in [-0.1, -0.05) is 51.8 Å². The molecule has 20 heavy (non-hydrogen) atoms. The highest BCUT2D eigenvalue weighted by atomic mass is 79.9. The van der Waals surface area contributed by atoms with Crippen molar-refractivity contribution in [3.05, 3.63) is 50.9 Å². The van der Waals surface area contributed by atoms with Gasteiger partial charge in [-0.25, -0.2) is 4.98 Å². The van der Waals surface area contributed by atoms with Crippen LogP contribution >= 0.6 is 31.9 Å². The van der Waals surface area contributed by atoms with E-state index in [1.807, 2.05) is 6.20 Å². The second-order valence-electron chi connectivity index (χ2n) is 4.64. The molecule has 5 heteroatoms. The van der Waals surface area contributed by atoms with Crippen LogP contribution in [-0.2, 0) is 6.54 Å². The van der Waals surface area contributed by atoms with E-state index in [1.165, 1.54) is 5.56 Å². The highest BCUT2D eigenvalue weighted by Crippen LogP contribution is 2.30. The van der Waals surface area contributed by atoms with Gasteiger partial charge < -0.3 is 9.88 Å². The minimum absolute atomic E-state index is 0.101. The summed E-state index contributed by atoms with van der Waals surface area (Å²) >= 11 is 7.16. The summed E-state index contributed by atoms with van der Waals surface area (Å²) in [6.07, 6.45) is 5.03. The fraction of sp³-hybridized carbons (Fsp3) is 0.400. The number of hydrogen-bond acceptors (Lipinski definition) is 2. The molecule has 0 aliphatic heterocycles. The normalized spacial score (nSPS) is 12.6. The third kappa shape index (κ3) is 3.51. The lowest BCUT2D eigenvalue weighted by Crippen LogP contribution is -2.25. The Kier molecular flexibility index (Phi) is 5.81. The van der Waals surface area contributed by atoms with E-state index in [0.29, 0.717) is 0 Å². The Morgan fingerprint density at radius 3 is 2.75 bits per heavy atom. The minimum Gasteiger partial charge on any atom is -0.333 e. The molecule has 2 aromatic rings. The van der Waals surface area contributed by atoms with Gasteiger partial charge in [-0.05, 0) is 30.7 Å². The van der Waals surface area contributed by atoms with Gasteiger partial charge in [0.15, 0.2) is 0 Å². The molecule has 0 amide bonds. The lowest BCUT2D eigenvalue weighted by Gasteiger charge is -2.21. The van der Waals surface area contributed by atoms with E-state index in [-0.39, 0.29) is 6.04 Å². The third-order valence-electron chi connectivity index (χ3n) is 3.15. The van der Waals surface area contributed by atoms with Crippen molar-refractivity contribution in [2.75, 3.05) is 6.54 Å². The van der Waals surface area contributed by atoms with Gasteiger partial charge in [0.1, 0.15) is 5.82 Å². The van der Waals surface area contributed by atoms with Crippen LogP contribution in [0.4, 0.5) is 0 Å². The van der Waals surface area contributed by atoms with Crippen LogP contribution < -0.4 is 5.32 Å². The summed E-state index contributed by atoms with van der Waals surface area (Å²) in [4.78, 5) is 4.56. The first-order valence-corrected chi connectivity index (χ1v) is 8.45. The van der Waals surface area contributed by atoms with Crippen molar-refractivity contribution in [2.24, 2.45) is 0 Å². The predicted octanol–water partition coefficient (Wildman–Crippen LogP) is 4.52. The molecule has 1 atom stereocenters. The summed E-state index contributed by atoms with van der Waals surface area (Å²) in [7, 11) is 0. The lowest BCUT2D eigenvalue weighted by molar-refractivity contribution is 0.543. The molecule has 1 aromatic heterocycles. The van der Waals surface area contributed by atoms with Gasteiger partial charge in [-0.15, -0.1) is 0 Å². The summed E-state index contributed by atoms with van der Waals surface area (Å²) in [5.74, 6) is 1.07. The quantitative estimate of drug-likeness (QED) is 0.772. The zero-order valence-corrected chi connectivity index (χ0v) is 14.9. The van der Waals surface area contributed by atoms with E-state index in [9.17, 15) is 0 Å². The van der Waals surface area contributed by atoms with Crippen LogP contribution in [0.25, 0.3) is 0 Å². The van der Waals surface area contributed by atoms with Gasteiger partial charge in [-0.2, -0.15) is 0 Å². The van der Waals surface area contributed by atoms with Crippen molar-refractivity contribution in [3.63, 3.8) is 0 Å². The molecule has 0 saturated heterocycles. The number of benzene rings is 1. The molecule has 0 bridgehead atoms. The Labute approximate surface area is 137 Å². The highest BCUT2D eigenvalue weighted by molar-refractivity contribution is 9.11. The second kappa shape index (κ2) is 7.38. The van der Waals surface area contributed by atoms with Gasteiger partial charge in [0.05, 0.1) is 6.04 Å². The monoisotopic (exact) mass is 399 g/mol. The Morgan fingerprint density at radius 1 is 1.30 bits per heavy atom. The minimum atomic E-state index is 0.101. The first-order chi connectivity index (χ1) is 9.67. The molecule has 3 nitrogen and oxygen atoms in total. The van der Waals surface area contributed by atoms with E-state index in [2.05, 4.69) is 85.0 Å². The number of imidazole rings is 1. The molecule has 1 N–H and O–H groups in total. The van der Waals surface area contributed by atoms with Crippen LogP contribution in [0.2, 0.25) is 0 Å². The summed E-state index contributed by atoms with van der Waals surface area (Å²) in [5, 5.41) is 3.53. The third-order valence-corrected chi connectivity index (χ3v) is 4.33. The Morgan fingerprint density at radius 2 is 2.10 bits per heavy atom. The molecular weight excluding hydrogens is 382 g/mol. The summed E-state index contributed by atoms with van der Waals surface area (Å²) in [6, 6.07) is 6.38. The smallest absolute Gasteiger partial charge is 0.130 e. The van der Waals surface area contributed by atoms with Crippen LogP contribution in [-0.4, -0.2) is 16.1 Å². The number of nitrogens with zero attached hydrogens (tertiary/aromatic N) is 2. The number of hydrogen-bond donors (Lipinski definition) is 1. The van der Waals surface area contributed by atoms with E-state index in [0.717, 1.165) is 34.3 Å². The molecule has 108 valence electrons. The molecule has 1 heterocycles. The van der Waals surface area contributed by atoms with E-state index in [1.54, 1.807) is 0 Å². The molecule has 0 saturated carbocycles. The second-order valence-corrected chi connectivity index (χ2v) is 6.41. The molecule has 0 fully saturated rings. The maximum Gasteiger partial charge on any atom is 0.130 e. The first-order valence-electron chi connectivity index (χ1n) is 6.86. The SMILES string of the molecule is CCCn1ccnc1C(NCC)c1ccc(Br)cc1Br. The maximum atomic E-state index is 4.56. The van der Waals surface area contributed by atoms with Crippen molar-refractivity contribution in [1.82, 2.24) is 14.9 Å². The lowest BCUT2D eigenvalue weighted by atomic mass is 10.1. The number of rotatable bonds is 6. The number of aryl methyl sites for hydroxylation is 1. The zero-order chi connectivity index (χ0) is 14.5. The van der Waals surface area contributed by atoms with E-state index < -0.39 is 0 Å². The topological polar surface area (TPSA) is 29.9 Å². The zero-order valence-electron chi connectivity index (χ0n) is 11.7. The Balaban J connectivity index is 2.42. The highest BCUT2D eigenvalue weighted by Gasteiger charge is 2.20. The fourth-order valence-corrected chi connectivity index (χ4v) is 3.57. The Bertz CT molecular complexity index is 566. The summed E-state index contributed by atoms with van der Waals surface area (Å²) < 4.78 is 4.38. The summed E-state index contributed by atoms with van der Waals surface area (Å²) in [6.45, 7) is 6.19. The first kappa shape index (κ1) is 15.7. The number of halogens is 2. The van der Waals surface area contributed by atoms with E-state index in [4.69, 9.17) is 0 Å². The average molecular weight is 401 g/mol. The van der Waals surface area contributed by atoms with Gasteiger partial charge >= 0.3 is 0 Å². The molecule has 0 radical (unpaired) electrons. The summed E-state index contributed by atoms with van der Waals surface area (Å²) in [5.41, 5.74) is 1.21. The maximum absolute atomic E-state index is 4.56. The molecule has 2 rings (SSSR count). The molecule has 1 unspecified atom stereocenters. The predicted molar refractivity (Wildman–Crippen MR) is 89.9 cm³/mol. The van der Waals surface area contributed by atoms with E-state index >= 15 is 0 Å². The van der Waals surface area contributed by atoms with Crippen molar-refractivity contribution < 1.29 is 0 Å². The van der Waals surface area contributed by atoms with Gasteiger partial charge in [0.2, 0.25) is 0 Å². The molecule has 0 aliphatic rings. The van der Waals surface area contributed by atoms with Crippen molar-refractivity contribution >= 4 is 31.9 Å². The van der Waals surface area contributed by atoms with Crippen LogP contribution in [0.5, 0.6) is 0 Å². The van der Waals surface area contributed by atoms with Crippen LogP contribution in [0.15, 0.2) is 39.5 Å². The van der Waals surface area contributed by atoms with Crippen LogP contribution in [0.1, 0.15) is 37.7 Å². The Hall–Kier alpha value is -0.650. The van der Waals surface area contributed by atoms with Gasteiger partial charge in [-0.3, -0.25) is 0 Å². The number of nitrogens with one attached hydrogen (secondary N) is 1. The fourth-order valence-electron chi connectivity index (χ4n) is 2.29. The van der Waals surface area contributed by atoms with Gasteiger partial charge in [0.25, 0.3) is 0 Å². The van der Waals surface area contributed by atoms with Gasteiger partial charge in [0, 0.05) is 27.9 Å². The average Bonchev–Trinajstić information content (AvgIpc) is 2.85. The molecular formula is C15H19Br2N3. The largest absolute Gasteiger partial charge is 0.333 e. The molecule has 1 aromatic carbocycles. The standard InChI is InChI=1S/C15H19Br2N3/c1-3-8-20-9-7-19-15(20)14(18-4-2)12-6-5-11(16)10-13(12)17/h5-7,9-10,14,18H,3-4,8H2,1-2H3. The van der Waals surface area contributed by atoms with Crippen molar-refractivity contribution in [2.45, 2.75) is 32.9 Å².